The molecule has 7 heteroatoms. The van der Waals surface area contributed by atoms with Gasteiger partial charge in [-0.25, -0.2) is 4.99 Å². The zero-order valence-corrected chi connectivity index (χ0v) is 20.0. The van der Waals surface area contributed by atoms with Gasteiger partial charge in [-0.15, -0.1) is 24.0 Å². The zero-order chi connectivity index (χ0) is 20.5. The molecule has 0 spiro atoms. The summed E-state index contributed by atoms with van der Waals surface area (Å²) in [5.41, 5.74) is 3.45. The Hall–Kier alpha value is -2.29. The fourth-order valence-corrected chi connectivity index (χ4v) is 3.36. The summed E-state index contributed by atoms with van der Waals surface area (Å²) < 4.78 is 5.20. The lowest BCUT2D eigenvalue weighted by atomic mass is 10.1. The Bertz CT molecular complexity index is 839. The van der Waals surface area contributed by atoms with Crippen molar-refractivity contribution >= 4 is 35.8 Å². The van der Waals surface area contributed by atoms with Gasteiger partial charge >= 0.3 is 0 Å². The molecule has 6 nitrogen and oxygen atoms in total. The van der Waals surface area contributed by atoms with Crippen LogP contribution in [-0.2, 0) is 24.4 Å². The largest absolute Gasteiger partial charge is 0.497 e. The van der Waals surface area contributed by atoms with Gasteiger partial charge in [-0.3, -0.25) is 4.79 Å². The summed E-state index contributed by atoms with van der Waals surface area (Å²) in [6.07, 6.45) is 1.64. The molecular formula is C23H31IN4O2. The first-order chi connectivity index (χ1) is 14.2. The van der Waals surface area contributed by atoms with E-state index in [1.807, 2.05) is 35.2 Å². The van der Waals surface area contributed by atoms with Crippen LogP contribution in [0.5, 0.6) is 5.75 Å². The number of carbonyl (C=O) groups excluding carboxylic acids is 1. The summed E-state index contributed by atoms with van der Waals surface area (Å²) in [6, 6.07) is 16.3. The van der Waals surface area contributed by atoms with Gasteiger partial charge in [0, 0.05) is 32.6 Å². The van der Waals surface area contributed by atoms with E-state index in [0.717, 1.165) is 47.9 Å². The second kappa shape index (κ2) is 12.4. The highest BCUT2D eigenvalue weighted by Gasteiger charge is 2.19. The second-order valence-electron chi connectivity index (χ2n) is 7.14. The van der Waals surface area contributed by atoms with Crippen molar-refractivity contribution in [2.75, 3.05) is 20.2 Å². The van der Waals surface area contributed by atoms with E-state index in [9.17, 15) is 4.79 Å². The van der Waals surface area contributed by atoms with Crippen molar-refractivity contribution in [2.24, 2.45) is 4.99 Å². The van der Waals surface area contributed by atoms with E-state index < -0.39 is 0 Å². The Morgan fingerprint density at radius 3 is 2.53 bits per heavy atom. The van der Waals surface area contributed by atoms with Gasteiger partial charge in [-0.1, -0.05) is 36.4 Å². The molecule has 30 heavy (non-hydrogen) atoms. The fourth-order valence-electron chi connectivity index (χ4n) is 3.36. The number of aliphatic imine (C=N–C) groups is 1. The molecule has 1 aliphatic rings. The summed E-state index contributed by atoms with van der Waals surface area (Å²) in [5.74, 6) is 1.89. The van der Waals surface area contributed by atoms with Crippen molar-refractivity contribution in [3.63, 3.8) is 0 Å². The van der Waals surface area contributed by atoms with Gasteiger partial charge in [0.15, 0.2) is 5.96 Å². The highest BCUT2D eigenvalue weighted by molar-refractivity contribution is 14.0. The Labute approximate surface area is 196 Å². The number of carbonyl (C=O) groups is 1. The molecule has 0 bridgehead atoms. The summed E-state index contributed by atoms with van der Waals surface area (Å²) in [4.78, 5) is 18.5. The third-order valence-electron chi connectivity index (χ3n) is 4.92. The first-order valence-electron chi connectivity index (χ1n) is 10.2. The van der Waals surface area contributed by atoms with Gasteiger partial charge < -0.3 is 20.3 Å². The Kier molecular flexibility index (Phi) is 9.93. The van der Waals surface area contributed by atoms with E-state index in [1.54, 1.807) is 7.11 Å². The van der Waals surface area contributed by atoms with Gasteiger partial charge in [-0.05, 0) is 42.2 Å². The highest BCUT2D eigenvalue weighted by atomic mass is 127. The molecule has 2 N–H and O–H groups in total. The fraction of sp³-hybridized carbons (Fsp3) is 0.391. The van der Waals surface area contributed by atoms with Crippen molar-refractivity contribution in [2.45, 2.75) is 39.4 Å². The summed E-state index contributed by atoms with van der Waals surface area (Å²) >= 11 is 0. The predicted molar refractivity (Wildman–Crippen MR) is 131 cm³/mol. The van der Waals surface area contributed by atoms with Gasteiger partial charge in [0.2, 0.25) is 5.91 Å². The van der Waals surface area contributed by atoms with Crippen LogP contribution in [0.15, 0.2) is 53.5 Å². The average molecular weight is 522 g/mol. The topological polar surface area (TPSA) is 66.0 Å². The molecule has 0 atom stereocenters. The maximum absolute atomic E-state index is 11.9. The monoisotopic (exact) mass is 522 g/mol. The number of benzene rings is 2. The first kappa shape index (κ1) is 24.0. The molecule has 0 aliphatic carbocycles. The molecular weight excluding hydrogens is 491 g/mol. The highest BCUT2D eigenvalue weighted by Crippen LogP contribution is 2.15. The normalized spacial score (nSPS) is 13.7. The number of hydrogen-bond acceptors (Lipinski definition) is 3. The number of ether oxygens (including phenoxy) is 1. The molecule has 1 heterocycles. The molecule has 0 radical (unpaired) electrons. The number of nitrogens with one attached hydrogen (secondary N) is 2. The maximum atomic E-state index is 11.9. The van der Waals surface area contributed by atoms with E-state index in [1.165, 1.54) is 0 Å². The van der Waals surface area contributed by atoms with Crippen LogP contribution < -0.4 is 15.4 Å². The van der Waals surface area contributed by atoms with Crippen molar-refractivity contribution in [1.82, 2.24) is 15.5 Å². The van der Waals surface area contributed by atoms with Crippen LogP contribution in [-0.4, -0.2) is 37.0 Å². The summed E-state index contributed by atoms with van der Waals surface area (Å²) in [6.45, 7) is 5.67. The quantitative estimate of drug-likeness (QED) is 0.316. The standard InChI is InChI=1S/C23H30N4O2.HI/c1-3-24-23(25-15-18-9-11-21(29-2)12-10-18)26-16-19-6-4-7-20(14-19)17-27-13-5-8-22(27)28;/h4,6-7,9-12,14H,3,5,8,13,15-17H2,1-2H3,(H2,24,25,26);1H. The lowest BCUT2D eigenvalue weighted by molar-refractivity contribution is -0.128. The van der Waals surface area contributed by atoms with E-state index in [-0.39, 0.29) is 29.9 Å². The number of amides is 1. The van der Waals surface area contributed by atoms with E-state index in [4.69, 9.17) is 9.73 Å². The molecule has 1 aliphatic heterocycles. The van der Waals surface area contributed by atoms with Crippen molar-refractivity contribution in [3.8, 4) is 5.75 Å². The first-order valence-corrected chi connectivity index (χ1v) is 10.2. The molecule has 1 fully saturated rings. The molecule has 3 rings (SSSR count). The van der Waals surface area contributed by atoms with Crippen molar-refractivity contribution in [3.05, 3.63) is 65.2 Å². The number of rotatable bonds is 8. The van der Waals surface area contributed by atoms with Gasteiger partial charge in [0.1, 0.15) is 5.75 Å². The molecule has 0 saturated carbocycles. The molecule has 0 aromatic heterocycles. The molecule has 1 amide bonds. The summed E-state index contributed by atoms with van der Waals surface area (Å²) in [7, 11) is 1.67. The lowest BCUT2D eigenvalue weighted by Gasteiger charge is -2.16. The average Bonchev–Trinajstić information content (AvgIpc) is 3.15. The van der Waals surface area contributed by atoms with Crippen LogP contribution in [0.1, 0.15) is 36.5 Å². The van der Waals surface area contributed by atoms with Crippen LogP contribution in [0.3, 0.4) is 0 Å². The number of methoxy groups -OCH3 is 1. The summed E-state index contributed by atoms with van der Waals surface area (Å²) in [5, 5.41) is 6.66. The number of halogens is 1. The number of guanidine groups is 1. The molecule has 2 aromatic rings. The van der Waals surface area contributed by atoms with Gasteiger partial charge in [0.25, 0.3) is 0 Å². The van der Waals surface area contributed by atoms with Crippen molar-refractivity contribution in [1.29, 1.82) is 0 Å². The maximum Gasteiger partial charge on any atom is 0.222 e. The zero-order valence-electron chi connectivity index (χ0n) is 17.7. The van der Waals surface area contributed by atoms with Crippen LogP contribution in [0, 0.1) is 0 Å². The Balaban J connectivity index is 0.00000320. The minimum absolute atomic E-state index is 0. The van der Waals surface area contributed by atoms with Gasteiger partial charge in [-0.2, -0.15) is 0 Å². The third kappa shape index (κ3) is 7.19. The van der Waals surface area contributed by atoms with Crippen molar-refractivity contribution < 1.29 is 9.53 Å². The molecule has 162 valence electrons. The predicted octanol–water partition coefficient (Wildman–Crippen LogP) is 3.69. The Morgan fingerprint density at radius 2 is 1.87 bits per heavy atom. The smallest absolute Gasteiger partial charge is 0.222 e. The van der Waals surface area contributed by atoms with Crippen LogP contribution >= 0.6 is 24.0 Å². The van der Waals surface area contributed by atoms with E-state index >= 15 is 0 Å². The van der Waals surface area contributed by atoms with E-state index in [2.05, 4.69) is 35.8 Å². The minimum Gasteiger partial charge on any atom is -0.497 e. The van der Waals surface area contributed by atoms with E-state index in [0.29, 0.717) is 26.1 Å². The molecule has 1 saturated heterocycles. The molecule has 2 aromatic carbocycles. The lowest BCUT2D eigenvalue weighted by Crippen LogP contribution is -2.36. The molecule has 0 unspecified atom stereocenters. The van der Waals surface area contributed by atoms with Crippen LogP contribution in [0.4, 0.5) is 0 Å². The number of nitrogens with zero attached hydrogens (tertiary/aromatic N) is 2. The number of hydrogen-bond donors (Lipinski definition) is 2. The van der Waals surface area contributed by atoms with Crippen LogP contribution in [0.25, 0.3) is 0 Å². The SMILES string of the molecule is CCNC(=NCc1cccc(CN2CCCC2=O)c1)NCc1ccc(OC)cc1.I. The second-order valence-corrected chi connectivity index (χ2v) is 7.14. The minimum atomic E-state index is 0. The number of likely N-dealkylation sites (tertiary alicyclic amines) is 1. The van der Waals surface area contributed by atoms with Crippen LogP contribution in [0.2, 0.25) is 0 Å². The Morgan fingerprint density at radius 1 is 1.10 bits per heavy atom. The third-order valence-corrected chi connectivity index (χ3v) is 4.92. The van der Waals surface area contributed by atoms with Gasteiger partial charge in [0.05, 0.1) is 13.7 Å².